The quantitative estimate of drug-likeness (QED) is 0.594. The van der Waals surface area contributed by atoms with Crippen molar-refractivity contribution >= 4 is 28.2 Å². The number of likely N-dealkylation sites (tertiary alicyclic amines) is 1. The van der Waals surface area contributed by atoms with Crippen molar-refractivity contribution in [1.82, 2.24) is 14.7 Å². The molecule has 0 aliphatic carbocycles. The average molecular weight is 366 g/mol. The molecule has 2 aliphatic heterocycles. The third-order valence-electron chi connectivity index (χ3n) is 4.71. The summed E-state index contributed by atoms with van der Waals surface area (Å²) in [5.41, 5.74) is 0. The zero-order valence-corrected chi connectivity index (χ0v) is 14.9. The molecule has 3 rings (SSSR count). The lowest BCUT2D eigenvalue weighted by atomic mass is 10.1. The number of carbonyl (C=O) groups is 2. The molecule has 0 bridgehead atoms. The lowest BCUT2D eigenvalue weighted by molar-refractivity contribution is -0.380. The van der Waals surface area contributed by atoms with E-state index in [9.17, 15) is 19.7 Å². The summed E-state index contributed by atoms with van der Waals surface area (Å²) < 4.78 is 0. The van der Waals surface area contributed by atoms with Crippen LogP contribution < -0.4 is 0 Å². The molecule has 0 aromatic carbocycles. The summed E-state index contributed by atoms with van der Waals surface area (Å²) in [5, 5.41) is 10.7. The standard InChI is InChI=1S/C16H22N4O4S/c21-14(18-6-2-1-3-7-18)12-17-8-10-19(11-9-17)16(22)13-4-5-15(25-13)20(23)24/h4-5H,1-3,6-12H2. The fourth-order valence-electron chi connectivity index (χ4n) is 3.24. The number of rotatable bonds is 4. The highest BCUT2D eigenvalue weighted by molar-refractivity contribution is 7.17. The van der Waals surface area contributed by atoms with Gasteiger partial charge >= 0.3 is 5.00 Å². The molecule has 2 saturated heterocycles. The number of piperazine rings is 1. The van der Waals surface area contributed by atoms with Gasteiger partial charge in [0, 0.05) is 45.3 Å². The van der Waals surface area contributed by atoms with Gasteiger partial charge in [-0.2, -0.15) is 0 Å². The van der Waals surface area contributed by atoms with E-state index in [1.165, 1.54) is 18.6 Å². The molecule has 2 aliphatic rings. The molecule has 8 nitrogen and oxygen atoms in total. The number of amides is 2. The van der Waals surface area contributed by atoms with E-state index in [2.05, 4.69) is 4.90 Å². The van der Waals surface area contributed by atoms with E-state index in [0.29, 0.717) is 37.6 Å². The third-order valence-corrected chi connectivity index (χ3v) is 5.73. The number of carbonyl (C=O) groups excluding carboxylic acids is 2. The Balaban J connectivity index is 1.48. The lowest BCUT2D eigenvalue weighted by Crippen LogP contribution is -2.51. The van der Waals surface area contributed by atoms with Crippen molar-refractivity contribution in [3.63, 3.8) is 0 Å². The molecule has 3 heterocycles. The Hall–Kier alpha value is -2.00. The maximum Gasteiger partial charge on any atom is 0.324 e. The van der Waals surface area contributed by atoms with Crippen molar-refractivity contribution in [1.29, 1.82) is 0 Å². The van der Waals surface area contributed by atoms with Gasteiger partial charge in [-0.3, -0.25) is 24.6 Å². The van der Waals surface area contributed by atoms with Gasteiger partial charge in [0.25, 0.3) is 5.91 Å². The van der Waals surface area contributed by atoms with Crippen molar-refractivity contribution in [2.45, 2.75) is 19.3 Å². The number of hydrogen-bond acceptors (Lipinski definition) is 6. The SMILES string of the molecule is O=C(CN1CCN(C(=O)c2ccc([N+](=O)[O-])s2)CC1)N1CCCCC1. The van der Waals surface area contributed by atoms with Gasteiger partial charge in [0.1, 0.15) is 0 Å². The second kappa shape index (κ2) is 7.92. The van der Waals surface area contributed by atoms with Gasteiger partial charge < -0.3 is 9.80 Å². The normalized spacial score (nSPS) is 19.0. The van der Waals surface area contributed by atoms with Crippen LogP contribution in [0.15, 0.2) is 12.1 Å². The van der Waals surface area contributed by atoms with E-state index in [1.807, 2.05) is 4.90 Å². The third kappa shape index (κ3) is 4.35. The van der Waals surface area contributed by atoms with Gasteiger partial charge in [0.2, 0.25) is 5.91 Å². The number of hydrogen-bond donors (Lipinski definition) is 0. The monoisotopic (exact) mass is 366 g/mol. The van der Waals surface area contributed by atoms with Gasteiger partial charge in [-0.15, -0.1) is 0 Å². The Bertz CT molecular complexity index is 648. The highest BCUT2D eigenvalue weighted by atomic mass is 32.1. The smallest absolute Gasteiger partial charge is 0.324 e. The van der Waals surface area contributed by atoms with Crippen LogP contribution in [0.25, 0.3) is 0 Å². The van der Waals surface area contributed by atoms with E-state index in [4.69, 9.17) is 0 Å². The minimum Gasteiger partial charge on any atom is -0.342 e. The maximum atomic E-state index is 12.4. The Morgan fingerprint density at radius 1 is 1.00 bits per heavy atom. The zero-order valence-electron chi connectivity index (χ0n) is 14.1. The van der Waals surface area contributed by atoms with E-state index < -0.39 is 4.92 Å². The van der Waals surface area contributed by atoms with Crippen molar-refractivity contribution in [2.24, 2.45) is 0 Å². The van der Waals surface area contributed by atoms with Crippen LogP contribution >= 0.6 is 11.3 Å². The van der Waals surface area contributed by atoms with Gasteiger partial charge in [0.15, 0.2) is 0 Å². The van der Waals surface area contributed by atoms with Crippen LogP contribution in [0.5, 0.6) is 0 Å². The predicted octanol–water partition coefficient (Wildman–Crippen LogP) is 1.43. The van der Waals surface area contributed by atoms with Crippen LogP contribution in [-0.4, -0.2) is 77.3 Å². The van der Waals surface area contributed by atoms with Gasteiger partial charge in [-0.25, -0.2) is 0 Å². The molecule has 0 radical (unpaired) electrons. The molecule has 9 heteroatoms. The summed E-state index contributed by atoms with van der Waals surface area (Å²) in [6.07, 6.45) is 3.37. The van der Waals surface area contributed by atoms with E-state index in [-0.39, 0.29) is 16.8 Å². The van der Waals surface area contributed by atoms with Crippen molar-refractivity contribution in [3.05, 3.63) is 27.1 Å². The molecule has 2 fully saturated rings. The molecule has 136 valence electrons. The van der Waals surface area contributed by atoms with Crippen LogP contribution in [0.4, 0.5) is 5.00 Å². The van der Waals surface area contributed by atoms with Crippen LogP contribution in [0.3, 0.4) is 0 Å². The van der Waals surface area contributed by atoms with E-state index >= 15 is 0 Å². The van der Waals surface area contributed by atoms with Crippen LogP contribution in [0.2, 0.25) is 0 Å². The Morgan fingerprint density at radius 2 is 1.68 bits per heavy atom. The van der Waals surface area contributed by atoms with Crippen LogP contribution in [-0.2, 0) is 4.79 Å². The first-order valence-electron chi connectivity index (χ1n) is 8.58. The fourth-order valence-corrected chi connectivity index (χ4v) is 4.03. The van der Waals surface area contributed by atoms with Crippen molar-refractivity contribution < 1.29 is 14.5 Å². The number of nitrogens with zero attached hydrogens (tertiary/aromatic N) is 4. The summed E-state index contributed by atoms with van der Waals surface area (Å²) in [6, 6.07) is 2.88. The topological polar surface area (TPSA) is 87.0 Å². The second-order valence-corrected chi connectivity index (χ2v) is 7.47. The largest absolute Gasteiger partial charge is 0.342 e. The Kier molecular flexibility index (Phi) is 5.64. The predicted molar refractivity (Wildman–Crippen MR) is 93.7 cm³/mol. The maximum absolute atomic E-state index is 12.4. The zero-order chi connectivity index (χ0) is 17.8. The molecule has 0 spiro atoms. The average Bonchev–Trinajstić information content (AvgIpc) is 3.13. The minimum absolute atomic E-state index is 0.0193. The summed E-state index contributed by atoms with van der Waals surface area (Å²) in [7, 11) is 0. The molecule has 25 heavy (non-hydrogen) atoms. The highest BCUT2D eigenvalue weighted by Gasteiger charge is 2.26. The highest BCUT2D eigenvalue weighted by Crippen LogP contribution is 2.25. The Morgan fingerprint density at radius 3 is 2.28 bits per heavy atom. The fraction of sp³-hybridized carbons (Fsp3) is 0.625. The van der Waals surface area contributed by atoms with Crippen molar-refractivity contribution in [3.8, 4) is 0 Å². The molecule has 1 aromatic heterocycles. The molecule has 1 aromatic rings. The van der Waals surface area contributed by atoms with Crippen LogP contribution in [0.1, 0.15) is 28.9 Å². The molecule has 0 saturated carbocycles. The number of piperidine rings is 1. The summed E-state index contributed by atoms with van der Waals surface area (Å²) >= 11 is 0.908. The minimum atomic E-state index is -0.481. The van der Waals surface area contributed by atoms with E-state index in [0.717, 1.165) is 37.3 Å². The van der Waals surface area contributed by atoms with E-state index in [1.54, 1.807) is 4.90 Å². The molecular weight excluding hydrogens is 344 g/mol. The summed E-state index contributed by atoms with van der Waals surface area (Å²) in [5.74, 6) is 0.00784. The first-order chi connectivity index (χ1) is 12.0. The number of thiophene rings is 1. The molecule has 0 atom stereocenters. The van der Waals surface area contributed by atoms with Gasteiger partial charge in [-0.05, 0) is 25.3 Å². The van der Waals surface area contributed by atoms with Crippen LogP contribution in [0, 0.1) is 10.1 Å². The molecular formula is C16H22N4O4S. The van der Waals surface area contributed by atoms with Gasteiger partial charge in [-0.1, -0.05) is 11.3 Å². The first kappa shape index (κ1) is 17.8. The molecule has 2 amide bonds. The summed E-state index contributed by atoms with van der Waals surface area (Å²) in [4.78, 5) is 41.1. The Labute approximate surface area is 150 Å². The lowest BCUT2D eigenvalue weighted by Gasteiger charge is -2.35. The molecule has 0 unspecified atom stereocenters. The van der Waals surface area contributed by atoms with Crippen molar-refractivity contribution in [2.75, 3.05) is 45.8 Å². The number of nitro groups is 1. The van der Waals surface area contributed by atoms with Gasteiger partial charge in [0.05, 0.1) is 16.3 Å². The summed E-state index contributed by atoms with van der Waals surface area (Å²) in [6.45, 7) is 4.50. The first-order valence-corrected chi connectivity index (χ1v) is 9.40. The second-order valence-electron chi connectivity index (χ2n) is 6.40. The molecule has 0 N–H and O–H groups in total.